The Morgan fingerprint density at radius 3 is 1.53 bits per heavy atom. The van der Waals surface area contributed by atoms with Gasteiger partial charge in [-0.05, 0) is 46.8 Å². The molecule has 16 heteroatoms. The Morgan fingerprint density at radius 2 is 1.16 bits per heavy atom. The fourth-order valence-electron chi connectivity index (χ4n) is 3.41. The van der Waals surface area contributed by atoms with Gasteiger partial charge in [0.05, 0.1) is 35.9 Å². The third-order valence-corrected chi connectivity index (χ3v) is 5.01. The Bertz CT molecular complexity index is 1390. The summed E-state index contributed by atoms with van der Waals surface area (Å²) in [6, 6.07) is 2.30. The van der Waals surface area contributed by atoms with Gasteiger partial charge in [0.25, 0.3) is 11.1 Å². The predicted octanol–water partition coefficient (Wildman–Crippen LogP) is -1.61. The number of hydrogen-bond donors (Lipinski definition) is 0. The van der Waals surface area contributed by atoms with Gasteiger partial charge in [-0.25, -0.2) is 18.7 Å². The van der Waals surface area contributed by atoms with Gasteiger partial charge in [-0.15, -0.1) is 20.4 Å². The van der Waals surface area contributed by atoms with Crippen LogP contribution in [0.1, 0.15) is 25.9 Å². The van der Waals surface area contributed by atoms with Gasteiger partial charge in [0.2, 0.25) is 0 Å². The first-order valence-electron chi connectivity index (χ1n) is 9.61. The zero-order chi connectivity index (χ0) is 22.2. The highest BCUT2D eigenvalue weighted by Crippen LogP contribution is 2.15. The van der Waals surface area contributed by atoms with Crippen LogP contribution in [0.3, 0.4) is 0 Å². The number of fused-ring (bicyclic) bond motifs is 2. The fourth-order valence-corrected chi connectivity index (χ4v) is 3.41. The third-order valence-electron chi connectivity index (χ3n) is 5.01. The van der Waals surface area contributed by atoms with Gasteiger partial charge in [0, 0.05) is 0 Å². The van der Waals surface area contributed by atoms with Crippen molar-refractivity contribution in [2.24, 2.45) is 0 Å². The molecule has 0 saturated heterocycles. The molecule has 0 radical (unpaired) electrons. The normalized spacial score (nSPS) is 13.6. The van der Waals surface area contributed by atoms with Crippen molar-refractivity contribution in [3.05, 3.63) is 45.5 Å². The van der Waals surface area contributed by atoms with Crippen molar-refractivity contribution >= 4 is 21.8 Å². The van der Waals surface area contributed by atoms with Gasteiger partial charge in [0.15, 0.2) is 0 Å². The van der Waals surface area contributed by atoms with Crippen LogP contribution in [0.5, 0.6) is 0 Å². The van der Waals surface area contributed by atoms with Crippen LogP contribution >= 0.6 is 0 Å². The van der Waals surface area contributed by atoms with E-state index in [1.807, 2.05) is 0 Å². The molecule has 5 rings (SSSR count). The van der Waals surface area contributed by atoms with Crippen molar-refractivity contribution in [1.82, 2.24) is 70.4 Å². The van der Waals surface area contributed by atoms with Gasteiger partial charge in [0.1, 0.15) is 23.7 Å². The van der Waals surface area contributed by atoms with Crippen molar-refractivity contribution in [3.8, 4) is 0 Å². The van der Waals surface area contributed by atoms with Crippen LogP contribution in [0.15, 0.2) is 34.4 Å². The molecule has 4 aromatic heterocycles. The highest BCUT2D eigenvalue weighted by atomic mass is 16.1. The van der Waals surface area contributed by atoms with E-state index in [0.29, 0.717) is 13.1 Å². The number of nitrogens with zero attached hydrogens (tertiary/aromatic N) is 14. The molecule has 0 unspecified atom stereocenters. The van der Waals surface area contributed by atoms with Crippen LogP contribution in [-0.2, 0) is 13.1 Å². The van der Waals surface area contributed by atoms with E-state index in [1.165, 1.54) is 43.5 Å². The topological polar surface area (TPSA) is 183 Å². The molecule has 0 aliphatic heterocycles. The summed E-state index contributed by atoms with van der Waals surface area (Å²) in [5.41, 5.74) is -0.151. The lowest BCUT2D eigenvalue weighted by Crippen LogP contribution is -2.31. The maximum atomic E-state index is 13.0. The lowest BCUT2D eigenvalue weighted by atomic mass is 10.1. The van der Waals surface area contributed by atoms with Gasteiger partial charge in [-0.1, -0.05) is 10.4 Å². The largest absolute Gasteiger partial charge is 0.277 e. The lowest BCUT2D eigenvalue weighted by Gasteiger charge is -2.14. The van der Waals surface area contributed by atoms with E-state index < -0.39 is 0 Å². The molecule has 2 atom stereocenters. The Labute approximate surface area is 177 Å². The monoisotopic (exact) mass is 436 g/mol. The van der Waals surface area contributed by atoms with Crippen molar-refractivity contribution < 1.29 is 0 Å². The Kier molecular flexibility index (Phi) is 4.65. The summed E-state index contributed by atoms with van der Waals surface area (Å²) < 4.78 is 5.49. The minimum Gasteiger partial charge on any atom is -0.267 e. The fraction of sp³-hybridized carbons (Fsp3) is 0.375. The first-order valence-corrected chi connectivity index (χ1v) is 9.61. The van der Waals surface area contributed by atoms with Crippen molar-refractivity contribution in [3.63, 3.8) is 0 Å². The molecule has 0 saturated carbocycles. The molecule has 0 N–H and O–H groups in total. The molecule has 1 aromatic carbocycles. The van der Waals surface area contributed by atoms with Crippen LogP contribution < -0.4 is 11.1 Å². The van der Waals surface area contributed by atoms with Gasteiger partial charge in [-0.3, -0.25) is 9.59 Å². The highest BCUT2D eigenvalue weighted by molar-refractivity contribution is 5.93. The van der Waals surface area contributed by atoms with E-state index in [0.717, 1.165) is 0 Å². The number of benzene rings is 1. The maximum absolute atomic E-state index is 13.0. The zero-order valence-electron chi connectivity index (χ0n) is 17.0. The van der Waals surface area contributed by atoms with E-state index in [1.54, 1.807) is 13.8 Å². The van der Waals surface area contributed by atoms with Crippen LogP contribution in [0.2, 0.25) is 0 Å². The minimum atomic E-state index is -0.365. The molecule has 5 aromatic rings. The van der Waals surface area contributed by atoms with Gasteiger partial charge in [-0.2, -0.15) is 0 Å². The lowest BCUT2D eigenvalue weighted by molar-refractivity contribution is 0.375. The smallest absolute Gasteiger partial charge is 0.267 e. The quantitative estimate of drug-likeness (QED) is 0.278. The molecule has 4 heterocycles. The summed E-state index contributed by atoms with van der Waals surface area (Å²) in [5.74, 6) is 0. The number of tetrazole rings is 2. The van der Waals surface area contributed by atoms with Gasteiger partial charge < -0.3 is 0 Å². The summed E-state index contributed by atoms with van der Waals surface area (Å²) >= 11 is 0. The first-order chi connectivity index (χ1) is 15.5. The van der Waals surface area contributed by atoms with E-state index in [2.05, 4.69) is 51.7 Å². The molecular weight excluding hydrogens is 420 g/mol. The van der Waals surface area contributed by atoms with Crippen molar-refractivity contribution in [2.45, 2.75) is 39.0 Å². The average Bonchev–Trinajstić information content (AvgIpc) is 3.48. The molecular formula is C16H16N14O2. The molecule has 32 heavy (non-hydrogen) atoms. The summed E-state index contributed by atoms with van der Waals surface area (Å²) in [6.07, 6.45) is 2.90. The standard InChI is InChI=1S/C16H16N14O2/c1-9(5-27-7-17-21-25-27)29-15(31)11-3-14-12(4-13(11)19-23-29)16(32)30(24-20-14)10(2)6-28-8-18-22-26-28/h3-4,7-10H,5-6H2,1-2H3/t9-,10-/m1/s1. The molecule has 0 spiro atoms. The summed E-state index contributed by atoms with van der Waals surface area (Å²) in [6.45, 7) is 4.28. The zero-order valence-corrected chi connectivity index (χ0v) is 17.0. The SMILES string of the molecule is C[C@H](Cn1cnnn1)n1nnc2cc3c(=O)n([C@H](C)Cn4cnnn4)nnc3cc2c1=O. The molecule has 0 aliphatic rings. The van der Waals surface area contributed by atoms with Crippen molar-refractivity contribution in [1.29, 1.82) is 0 Å². The Hall–Kier alpha value is -4.50. The summed E-state index contributed by atoms with van der Waals surface area (Å²) in [4.78, 5) is 26.1. The van der Waals surface area contributed by atoms with Crippen LogP contribution in [-0.4, -0.2) is 70.4 Å². The van der Waals surface area contributed by atoms with E-state index in [4.69, 9.17) is 0 Å². The van der Waals surface area contributed by atoms with Crippen molar-refractivity contribution in [2.75, 3.05) is 0 Å². The summed E-state index contributed by atoms with van der Waals surface area (Å²) in [7, 11) is 0. The van der Waals surface area contributed by atoms with Crippen LogP contribution in [0.25, 0.3) is 21.8 Å². The number of aromatic nitrogens is 14. The van der Waals surface area contributed by atoms with Gasteiger partial charge >= 0.3 is 0 Å². The Morgan fingerprint density at radius 1 is 0.719 bits per heavy atom. The minimum absolute atomic E-state index is 0.282. The molecule has 0 fully saturated rings. The Balaban J connectivity index is 1.54. The summed E-state index contributed by atoms with van der Waals surface area (Å²) in [5, 5.41) is 38.8. The molecule has 0 bridgehead atoms. The van der Waals surface area contributed by atoms with E-state index in [9.17, 15) is 9.59 Å². The second-order valence-corrected chi connectivity index (χ2v) is 7.33. The number of hydrogen-bond acceptors (Lipinski definition) is 12. The molecule has 0 aliphatic carbocycles. The van der Waals surface area contributed by atoms with E-state index in [-0.39, 0.29) is 45.0 Å². The second-order valence-electron chi connectivity index (χ2n) is 7.33. The first kappa shape index (κ1) is 19.5. The highest BCUT2D eigenvalue weighted by Gasteiger charge is 2.17. The molecule has 0 amide bonds. The second kappa shape index (κ2) is 7.64. The predicted molar refractivity (Wildman–Crippen MR) is 106 cm³/mol. The third kappa shape index (κ3) is 3.36. The molecule has 162 valence electrons. The average molecular weight is 436 g/mol. The van der Waals surface area contributed by atoms with Crippen LogP contribution in [0.4, 0.5) is 0 Å². The number of rotatable bonds is 6. The van der Waals surface area contributed by atoms with E-state index >= 15 is 0 Å². The maximum Gasteiger partial charge on any atom is 0.277 e. The molecule has 16 nitrogen and oxygen atoms in total. The van der Waals surface area contributed by atoms with Crippen LogP contribution in [0, 0.1) is 0 Å².